The maximum Gasteiger partial charge on any atom is 0.0348 e. The highest BCUT2D eigenvalue weighted by atomic mass is 79.9. The second-order valence-electron chi connectivity index (χ2n) is 2.96. The fraction of sp³-hybridized carbons (Fsp3) is 0.200. The van der Waals surface area contributed by atoms with Crippen molar-refractivity contribution < 1.29 is 0 Å². The Balaban J connectivity index is 2.94. The van der Waals surface area contributed by atoms with Gasteiger partial charge < -0.3 is 0 Å². The Bertz CT molecular complexity index is 429. The van der Waals surface area contributed by atoms with Gasteiger partial charge in [-0.15, -0.1) is 11.3 Å². The summed E-state index contributed by atoms with van der Waals surface area (Å²) in [7, 11) is 0. The topological polar surface area (TPSA) is 0 Å². The first-order valence-electron chi connectivity index (χ1n) is 3.83. The van der Waals surface area contributed by atoms with Crippen LogP contribution in [0.5, 0.6) is 0 Å². The summed E-state index contributed by atoms with van der Waals surface area (Å²) in [6.07, 6.45) is 0. The summed E-state index contributed by atoms with van der Waals surface area (Å²) in [6.45, 7) is 4.29. The van der Waals surface area contributed by atoms with Gasteiger partial charge in [0.15, 0.2) is 0 Å². The minimum absolute atomic E-state index is 1.24. The van der Waals surface area contributed by atoms with Crippen LogP contribution in [0.4, 0.5) is 0 Å². The highest BCUT2D eigenvalue weighted by Gasteiger charge is 2.04. The lowest BCUT2D eigenvalue weighted by molar-refractivity contribution is 1.39. The highest BCUT2D eigenvalue weighted by Crippen LogP contribution is 2.31. The van der Waals surface area contributed by atoms with E-state index >= 15 is 0 Å². The molecule has 0 nitrogen and oxygen atoms in total. The van der Waals surface area contributed by atoms with Gasteiger partial charge in [0.05, 0.1) is 0 Å². The van der Waals surface area contributed by atoms with Crippen molar-refractivity contribution in [3.8, 4) is 0 Å². The summed E-state index contributed by atoms with van der Waals surface area (Å²) in [5.41, 5.74) is 2.67. The molecule has 12 heavy (non-hydrogen) atoms. The zero-order valence-electron chi connectivity index (χ0n) is 7.02. The number of rotatable bonds is 0. The Morgan fingerprint density at radius 2 is 2.08 bits per heavy atom. The summed E-state index contributed by atoms with van der Waals surface area (Å²) in [6, 6.07) is 4.41. The van der Waals surface area contributed by atoms with Crippen molar-refractivity contribution in [1.82, 2.24) is 0 Å². The first kappa shape index (κ1) is 8.27. The minimum Gasteiger partial charge on any atom is -0.144 e. The van der Waals surface area contributed by atoms with Crippen LogP contribution in [-0.2, 0) is 0 Å². The second kappa shape index (κ2) is 2.86. The summed E-state index contributed by atoms with van der Waals surface area (Å²) in [5, 5.41) is 3.52. The highest BCUT2D eigenvalue weighted by molar-refractivity contribution is 9.10. The Morgan fingerprint density at radius 1 is 1.33 bits per heavy atom. The molecular weight excluding hydrogens is 232 g/mol. The number of aryl methyl sites for hydroxylation is 2. The summed E-state index contributed by atoms with van der Waals surface area (Å²) in [4.78, 5) is 0. The van der Waals surface area contributed by atoms with Gasteiger partial charge >= 0.3 is 0 Å². The molecule has 0 amide bonds. The van der Waals surface area contributed by atoms with Crippen molar-refractivity contribution in [3.63, 3.8) is 0 Å². The fourth-order valence-electron chi connectivity index (χ4n) is 1.42. The van der Waals surface area contributed by atoms with Crippen LogP contribution in [0, 0.1) is 13.8 Å². The summed E-state index contributed by atoms with van der Waals surface area (Å²) >= 11 is 5.39. The van der Waals surface area contributed by atoms with Crippen LogP contribution in [0.25, 0.3) is 10.1 Å². The number of fused-ring (bicyclic) bond motifs is 1. The predicted molar refractivity (Wildman–Crippen MR) is 59.0 cm³/mol. The first-order valence-corrected chi connectivity index (χ1v) is 5.50. The van der Waals surface area contributed by atoms with Crippen molar-refractivity contribution in [2.24, 2.45) is 0 Å². The van der Waals surface area contributed by atoms with Crippen molar-refractivity contribution in [2.75, 3.05) is 0 Å². The summed E-state index contributed by atoms with van der Waals surface area (Å²) < 4.78 is 2.63. The van der Waals surface area contributed by atoms with Gasteiger partial charge in [-0.2, -0.15) is 0 Å². The third-order valence-corrected chi connectivity index (χ3v) is 4.21. The lowest BCUT2D eigenvalue weighted by atomic mass is 10.1. The van der Waals surface area contributed by atoms with Crippen LogP contribution in [0.1, 0.15) is 11.1 Å². The van der Waals surface area contributed by atoms with Crippen molar-refractivity contribution in [2.45, 2.75) is 13.8 Å². The van der Waals surface area contributed by atoms with Gasteiger partial charge in [-0.1, -0.05) is 15.9 Å². The Labute approximate surface area is 84.4 Å². The van der Waals surface area contributed by atoms with E-state index < -0.39 is 0 Å². The van der Waals surface area contributed by atoms with E-state index in [-0.39, 0.29) is 0 Å². The molecule has 0 spiro atoms. The van der Waals surface area contributed by atoms with Gasteiger partial charge in [0, 0.05) is 9.17 Å². The smallest absolute Gasteiger partial charge is 0.0348 e. The first-order chi connectivity index (χ1) is 5.70. The monoisotopic (exact) mass is 240 g/mol. The molecule has 2 rings (SSSR count). The molecule has 0 bridgehead atoms. The minimum atomic E-state index is 1.24. The van der Waals surface area contributed by atoms with Crippen LogP contribution >= 0.6 is 27.3 Å². The second-order valence-corrected chi connectivity index (χ2v) is 4.71. The average molecular weight is 241 g/mol. The van der Waals surface area contributed by atoms with E-state index in [0.717, 1.165) is 0 Å². The van der Waals surface area contributed by atoms with E-state index in [2.05, 4.69) is 47.3 Å². The molecule has 1 aromatic carbocycles. The maximum absolute atomic E-state index is 3.59. The number of hydrogen-bond acceptors (Lipinski definition) is 1. The van der Waals surface area contributed by atoms with Gasteiger partial charge in [0.25, 0.3) is 0 Å². The van der Waals surface area contributed by atoms with E-state index in [4.69, 9.17) is 0 Å². The van der Waals surface area contributed by atoms with E-state index in [1.807, 2.05) is 0 Å². The van der Waals surface area contributed by atoms with Crippen molar-refractivity contribution in [3.05, 3.63) is 33.1 Å². The van der Waals surface area contributed by atoms with Gasteiger partial charge in [-0.3, -0.25) is 0 Å². The third-order valence-electron chi connectivity index (χ3n) is 2.12. The van der Waals surface area contributed by atoms with Gasteiger partial charge in [-0.05, 0) is 47.9 Å². The molecule has 62 valence electrons. The molecule has 0 aliphatic rings. The van der Waals surface area contributed by atoms with Gasteiger partial charge in [0.2, 0.25) is 0 Å². The Hall–Kier alpha value is -0.340. The number of thiophene rings is 1. The molecule has 0 saturated carbocycles. The van der Waals surface area contributed by atoms with Crippen molar-refractivity contribution >= 4 is 37.4 Å². The fourth-order valence-corrected chi connectivity index (χ4v) is 2.69. The Morgan fingerprint density at radius 3 is 2.83 bits per heavy atom. The van der Waals surface area contributed by atoms with Crippen LogP contribution < -0.4 is 0 Å². The zero-order valence-corrected chi connectivity index (χ0v) is 9.42. The molecule has 0 unspecified atom stereocenters. The standard InChI is InChI=1S/C10H9BrS/c1-6-5-9-8(3-4-12-9)7(2)10(6)11/h3-5H,1-2H3. The summed E-state index contributed by atoms with van der Waals surface area (Å²) in [5.74, 6) is 0. The normalized spacial score (nSPS) is 10.9. The van der Waals surface area contributed by atoms with Gasteiger partial charge in [-0.25, -0.2) is 0 Å². The van der Waals surface area contributed by atoms with Crippen LogP contribution in [0.3, 0.4) is 0 Å². The number of benzene rings is 1. The zero-order chi connectivity index (χ0) is 8.72. The molecule has 0 N–H and O–H groups in total. The molecule has 0 aliphatic carbocycles. The molecule has 0 fully saturated rings. The molecule has 2 heteroatoms. The van der Waals surface area contributed by atoms with Crippen LogP contribution in [0.15, 0.2) is 22.0 Å². The van der Waals surface area contributed by atoms with E-state index in [9.17, 15) is 0 Å². The molecule has 0 saturated heterocycles. The maximum atomic E-state index is 3.59. The number of hydrogen-bond donors (Lipinski definition) is 0. The SMILES string of the molecule is Cc1cc2sccc2c(C)c1Br. The lowest BCUT2D eigenvalue weighted by Crippen LogP contribution is -1.81. The molecule has 0 atom stereocenters. The molecule has 0 radical (unpaired) electrons. The van der Waals surface area contributed by atoms with E-state index in [1.165, 1.54) is 25.7 Å². The molecule has 0 aliphatic heterocycles. The average Bonchev–Trinajstić information content (AvgIpc) is 2.48. The largest absolute Gasteiger partial charge is 0.144 e. The third kappa shape index (κ3) is 1.10. The number of halogens is 1. The van der Waals surface area contributed by atoms with Crippen LogP contribution in [-0.4, -0.2) is 0 Å². The van der Waals surface area contributed by atoms with E-state index in [1.54, 1.807) is 11.3 Å². The van der Waals surface area contributed by atoms with E-state index in [0.29, 0.717) is 0 Å². The molecular formula is C10H9BrS. The molecule has 1 aromatic heterocycles. The molecule has 1 heterocycles. The lowest BCUT2D eigenvalue weighted by Gasteiger charge is -2.03. The Kier molecular flexibility index (Phi) is 1.97. The predicted octanol–water partition coefficient (Wildman–Crippen LogP) is 4.28. The quantitative estimate of drug-likeness (QED) is 0.645. The molecule has 2 aromatic rings. The van der Waals surface area contributed by atoms with Crippen molar-refractivity contribution in [1.29, 1.82) is 0 Å². The van der Waals surface area contributed by atoms with Crippen LogP contribution in [0.2, 0.25) is 0 Å². The van der Waals surface area contributed by atoms with Gasteiger partial charge in [0.1, 0.15) is 0 Å².